The Labute approximate surface area is 108 Å². The van der Waals surface area contributed by atoms with Gasteiger partial charge in [-0.2, -0.15) is 0 Å². The molecule has 1 aromatic heterocycles. The molecule has 0 saturated carbocycles. The van der Waals surface area contributed by atoms with Crippen molar-refractivity contribution in [2.24, 2.45) is 0 Å². The van der Waals surface area contributed by atoms with E-state index in [1.807, 2.05) is 0 Å². The number of nitrogens with one attached hydrogen (secondary N) is 1. The summed E-state index contributed by atoms with van der Waals surface area (Å²) in [6.07, 6.45) is 1.12. The zero-order valence-electron chi connectivity index (χ0n) is 10.5. The van der Waals surface area contributed by atoms with E-state index in [-0.39, 0.29) is 24.6 Å². The molecule has 0 unspecified atom stereocenters. The van der Waals surface area contributed by atoms with Gasteiger partial charge in [0.2, 0.25) is 0 Å². The number of methoxy groups -OCH3 is 2. The number of nitrogens with two attached hydrogens (primary N) is 1. The lowest BCUT2D eigenvalue weighted by molar-refractivity contribution is -0.140. The quantitative estimate of drug-likeness (QED) is 0.619. The Kier molecular flexibility index (Phi) is 4.86. The van der Waals surface area contributed by atoms with Gasteiger partial charge in [-0.3, -0.25) is 14.4 Å². The number of hydrogen-bond donors (Lipinski definition) is 2. The van der Waals surface area contributed by atoms with Crippen molar-refractivity contribution in [2.75, 3.05) is 37.9 Å². The number of nitrogen functional groups attached to an aromatic ring is 1. The Balaban J connectivity index is 3.07. The van der Waals surface area contributed by atoms with Crippen LogP contribution in [0.4, 0.5) is 11.5 Å². The van der Waals surface area contributed by atoms with Gasteiger partial charge in [0.05, 0.1) is 20.5 Å². The summed E-state index contributed by atoms with van der Waals surface area (Å²) in [5.41, 5.74) is 4.80. The maximum Gasteiger partial charge on any atom is 0.325 e. The number of rotatable bonds is 5. The summed E-state index contributed by atoms with van der Waals surface area (Å²) in [5.74, 6) is -1.20. The number of carbonyl (C=O) groups excluding carboxylic acids is 2. The summed E-state index contributed by atoms with van der Waals surface area (Å²) in [6, 6.07) is 0. The highest BCUT2D eigenvalue weighted by molar-refractivity contribution is 5.82. The molecule has 0 bridgehead atoms. The maximum atomic E-state index is 11.4. The number of anilines is 2. The maximum absolute atomic E-state index is 11.4. The molecule has 0 saturated heterocycles. The molecule has 0 amide bonds. The average Bonchev–Trinajstić information content (AvgIpc) is 2.40. The smallest absolute Gasteiger partial charge is 0.325 e. The van der Waals surface area contributed by atoms with Crippen LogP contribution in [0, 0.1) is 0 Å². The molecule has 9 heteroatoms. The van der Waals surface area contributed by atoms with E-state index in [1.54, 1.807) is 0 Å². The van der Waals surface area contributed by atoms with E-state index in [9.17, 15) is 14.4 Å². The fourth-order valence-corrected chi connectivity index (χ4v) is 1.30. The fourth-order valence-electron chi connectivity index (χ4n) is 1.30. The molecule has 104 valence electrons. The summed E-state index contributed by atoms with van der Waals surface area (Å²) in [6.45, 7) is -0.571. The first kappa shape index (κ1) is 14.5. The number of esters is 2. The van der Waals surface area contributed by atoms with Gasteiger partial charge in [0, 0.05) is 0 Å². The lowest BCUT2D eigenvalue weighted by Crippen LogP contribution is -2.37. The number of hydrogen-bond acceptors (Lipinski definition) is 8. The molecule has 1 heterocycles. The second-order valence-corrected chi connectivity index (χ2v) is 3.48. The molecule has 0 aliphatic heterocycles. The normalized spacial score (nSPS) is 9.79. The number of aromatic nitrogens is 2. The Bertz CT molecular complexity index is 509. The zero-order chi connectivity index (χ0) is 14.4. The first-order chi connectivity index (χ1) is 8.99. The van der Waals surface area contributed by atoms with Crippen LogP contribution in [0.15, 0.2) is 11.1 Å². The molecule has 1 aromatic rings. The highest BCUT2D eigenvalue weighted by Crippen LogP contribution is 2.14. The highest BCUT2D eigenvalue weighted by Gasteiger charge is 2.20. The van der Waals surface area contributed by atoms with Crippen molar-refractivity contribution < 1.29 is 19.1 Å². The summed E-state index contributed by atoms with van der Waals surface area (Å²) in [4.78, 5) is 41.3. The van der Waals surface area contributed by atoms with Crippen LogP contribution in [0.3, 0.4) is 0 Å². The Morgan fingerprint density at radius 2 is 1.84 bits per heavy atom. The van der Waals surface area contributed by atoms with E-state index >= 15 is 0 Å². The van der Waals surface area contributed by atoms with Gasteiger partial charge < -0.3 is 25.1 Å². The average molecular weight is 270 g/mol. The molecule has 0 aliphatic rings. The lowest BCUT2D eigenvalue weighted by atomic mass is 10.4. The number of ether oxygens (including phenoxy) is 2. The van der Waals surface area contributed by atoms with E-state index in [1.165, 1.54) is 19.1 Å². The first-order valence-corrected chi connectivity index (χ1v) is 5.21. The van der Waals surface area contributed by atoms with Crippen LogP contribution in [-0.2, 0) is 19.1 Å². The first-order valence-electron chi connectivity index (χ1n) is 5.21. The SMILES string of the molecule is COC(=O)CN(CC(=O)OC)c1nc[nH]c(=O)c1N. The second kappa shape index (κ2) is 6.38. The van der Waals surface area contributed by atoms with Gasteiger partial charge >= 0.3 is 11.9 Å². The molecule has 3 N–H and O–H groups in total. The van der Waals surface area contributed by atoms with E-state index in [0.717, 1.165) is 6.33 Å². The molecule has 0 atom stereocenters. The largest absolute Gasteiger partial charge is 0.468 e. The lowest BCUT2D eigenvalue weighted by Gasteiger charge is -2.21. The van der Waals surface area contributed by atoms with Gasteiger partial charge in [-0.05, 0) is 0 Å². The predicted molar refractivity (Wildman–Crippen MR) is 65.5 cm³/mol. The Morgan fingerprint density at radius 1 is 1.32 bits per heavy atom. The van der Waals surface area contributed by atoms with Crippen molar-refractivity contribution >= 4 is 23.4 Å². The van der Waals surface area contributed by atoms with E-state index in [2.05, 4.69) is 19.4 Å². The van der Waals surface area contributed by atoms with Crippen LogP contribution >= 0.6 is 0 Å². The molecule has 1 rings (SSSR count). The van der Waals surface area contributed by atoms with Crippen LogP contribution < -0.4 is 16.2 Å². The summed E-state index contributed by atoms with van der Waals surface area (Å²) >= 11 is 0. The predicted octanol–water partition coefficient (Wildman–Crippen LogP) is -1.50. The zero-order valence-corrected chi connectivity index (χ0v) is 10.5. The molecule has 9 nitrogen and oxygen atoms in total. The standard InChI is InChI=1S/C10H14N4O5/c1-18-6(15)3-14(4-7(16)19-2)9-8(11)10(17)13-5-12-9/h5H,3-4,11H2,1-2H3,(H,12,13,17). The number of carbonyl (C=O) groups is 2. The minimum Gasteiger partial charge on any atom is -0.468 e. The third kappa shape index (κ3) is 3.69. The second-order valence-electron chi connectivity index (χ2n) is 3.48. The molecule has 0 aliphatic carbocycles. The van der Waals surface area contributed by atoms with Crippen molar-refractivity contribution in [3.05, 3.63) is 16.7 Å². The Hall–Kier alpha value is -2.58. The molecular weight excluding hydrogens is 256 g/mol. The third-order valence-electron chi connectivity index (χ3n) is 2.26. The molecule has 0 spiro atoms. The van der Waals surface area contributed by atoms with Crippen LogP contribution in [0.5, 0.6) is 0 Å². The molecule has 19 heavy (non-hydrogen) atoms. The van der Waals surface area contributed by atoms with Crippen LogP contribution in [0.1, 0.15) is 0 Å². The minimum absolute atomic E-state index is 0.0135. The summed E-state index contributed by atoms with van der Waals surface area (Å²) < 4.78 is 9.00. The summed E-state index contributed by atoms with van der Waals surface area (Å²) in [5, 5.41) is 0. The number of aromatic amines is 1. The van der Waals surface area contributed by atoms with Crippen molar-refractivity contribution in [3.63, 3.8) is 0 Å². The fraction of sp³-hybridized carbons (Fsp3) is 0.400. The van der Waals surface area contributed by atoms with Gasteiger partial charge in [-0.1, -0.05) is 0 Å². The van der Waals surface area contributed by atoms with Gasteiger partial charge in [-0.25, -0.2) is 4.98 Å². The van der Waals surface area contributed by atoms with Crippen molar-refractivity contribution in [3.8, 4) is 0 Å². The van der Waals surface area contributed by atoms with Gasteiger partial charge in [-0.15, -0.1) is 0 Å². The number of nitrogens with zero attached hydrogens (tertiary/aromatic N) is 2. The minimum atomic E-state index is -0.606. The van der Waals surface area contributed by atoms with Crippen molar-refractivity contribution in [2.45, 2.75) is 0 Å². The van der Waals surface area contributed by atoms with Gasteiger partial charge in [0.15, 0.2) is 5.82 Å². The topological polar surface area (TPSA) is 128 Å². The highest BCUT2D eigenvalue weighted by atomic mass is 16.5. The molecular formula is C10H14N4O5. The van der Waals surface area contributed by atoms with Crippen molar-refractivity contribution in [1.29, 1.82) is 0 Å². The third-order valence-corrected chi connectivity index (χ3v) is 2.26. The molecule has 0 fully saturated rings. The van der Waals surface area contributed by atoms with Crippen LogP contribution in [0.2, 0.25) is 0 Å². The van der Waals surface area contributed by atoms with Gasteiger partial charge in [0.25, 0.3) is 5.56 Å². The monoisotopic (exact) mass is 270 g/mol. The van der Waals surface area contributed by atoms with E-state index in [4.69, 9.17) is 5.73 Å². The number of H-pyrrole nitrogens is 1. The van der Waals surface area contributed by atoms with Crippen LogP contribution in [0.25, 0.3) is 0 Å². The summed E-state index contributed by atoms with van der Waals surface area (Å²) in [7, 11) is 2.40. The Morgan fingerprint density at radius 3 is 2.32 bits per heavy atom. The van der Waals surface area contributed by atoms with Crippen molar-refractivity contribution in [1.82, 2.24) is 9.97 Å². The molecule has 0 radical (unpaired) electrons. The van der Waals surface area contributed by atoms with Gasteiger partial charge in [0.1, 0.15) is 18.8 Å². The van der Waals surface area contributed by atoms with E-state index < -0.39 is 17.5 Å². The van der Waals surface area contributed by atoms with E-state index in [0.29, 0.717) is 0 Å². The molecule has 0 aromatic carbocycles. The van der Waals surface area contributed by atoms with Crippen LogP contribution in [-0.4, -0.2) is 49.2 Å².